The average Bonchev–Trinajstić information content (AvgIpc) is 2.45. The Hall–Kier alpha value is 0.360. The van der Waals surface area contributed by atoms with Crippen LogP contribution < -0.4 is 5.32 Å². The van der Waals surface area contributed by atoms with Crippen LogP contribution in [0.25, 0.3) is 0 Å². The van der Waals surface area contributed by atoms with Crippen LogP contribution in [0.15, 0.2) is 0 Å². The summed E-state index contributed by atoms with van der Waals surface area (Å²) in [7, 11) is 1.65. The molecule has 0 aliphatic rings. The van der Waals surface area contributed by atoms with Crippen LogP contribution in [0.5, 0.6) is 0 Å². The van der Waals surface area contributed by atoms with Crippen molar-refractivity contribution < 1.29 is 17.2 Å². The molecule has 0 amide bonds. The Balaban J connectivity index is -0.000000667. The van der Waals surface area contributed by atoms with Gasteiger partial charge in [-0.2, -0.15) is 0 Å². The Morgan fingerprint density at radius 2 is 1.27 bits per heavy atom. The Labute approximate surface area is 169 Å². The summed E-state index contributed by atoms with van der Waals surface area (Å²) < 4.78 is 4.64. The zero-order valence-electron chi connectivity index (χ0n) is 16.6. The normalized spacial score (nSPS) is 10.1. The molecule has 4 nitrogen and oxygen atoms in total. The Kier molecular flexibility index (Phi) is 21.7. The molecule has 0 heterocycles. The minimum Gasteiger partial charge on any atom is -1.00 e. The van der Waals surface area contributed by atoms with Crippen LogP contribution in [0.2, 0.25) is 0 Å². The number of hydrogen-bond donors (Lipinski definition) is 1. The molecule has 0 aromatic rings. The zero-order valence-corrected chi connectivity index (χ0v) is 16.8. The summed E-state index contributed by atoms with van der Waals surface area (Å²) in [5, 5.41) is 2.66. The van der Waals surface area contributed by atoms with Gasteiger partial charge >= 0.3 is 49.7 Å². The predicted octanol–water partition coefficient (Wildman–Crippen LogP) is 3.82. The van der Waals surface area contributed by atoms with Gasteiger partial charge in [0.15, 0.2) is 0 Å². The van der Waals surface area contributed by atoms with E-state index in [1.165, 1.54) is 57.8 Å². The topological polar surface area (TPSA) is 55.4 Å². The molecule has 22 heavy (non-hydrogen) atoms. The Bertz CT molecular complexity index is 283. The molecule has 128 valence electrons. The fourth-order valence-electron chi connectivity index (χ4n) is 2.29. The fraction of sp³-hybridized carbons (Fsp3) is 0.882. The van der Waals surface area contributed by atoms with E-state index in [9.17, 15) is 9.59 Å². The van der Waals surface area contributed by atoms with Crippen LogP contribution in [0.1, 0.15) is 86.8 Å². The van der Waals surface area contributed by atoms with Gasteiger partial charge < -0.3 is 12.9 Å². The van der Waals surface area contributed by atoms with Crippen LogP contribution in [0, 0.1) is 0 Å². The number of nitrogens with one attached hydrogen (secondary N) is 1. The molecule has 0 saturated heterocycles. The zero-order chi connectivity index (χ0) is 15.8. The van der Waals surface area contributed by atoms with Gasteiger partial charge in [0.05, 0.1) is 6.54 Å². The third-order valence-electron chi connectivity index (χ3n) is 3.53. The number of carbonyl (C=O) groups is 2. The van der Waals surface area contributed by atoms with Crippen molar-refractivity contribution in [2.75, 3.05) is 13.6 Å². The maximum atomic E-state index is 11.3. The van der Waals surface area contributed by atoms with Crippen molar-refractivity contribution in [1.29, 1.82) is 0 Å². The molecule has 0 radical (unpaired) electrons. The first-order valence-corrected chi connectivity index (χ1v) is 8.58. The van der Waals surface area contributed by atoms with Crippen LogP contribution in [-0.4, -0.2) is 63.3 Å². The van der Waals surface area contributed by atoms with Gasteiger partial charge in [0, 0.05) is 6.42 Å². The second kappa shape index (κ2) is 19.4. The number of carbonyl (C=O) groups excluding carboxylic acids is 2. The van der Waals surface area contributed by atoms with E-state index >= 15 is 0 Å². The van der Waals surface area contributed by atoms with E-state index in [-0.39, 0.29) is 47.1 Å². The molecular weight excluding hydrogens is 306 g/mol. The first-order chi connectivity index (χ1) is 10.2. The molecule has 0 saturated carbocycles. The summed E-state index contributed by atoms with van der Waals surface area (Å²) in [5.74, 6) is -0.892. The molecular formula is C17H35CaNO3. The standard InChI is InChI=1S/C17H33NO3.Ca.2H/c1-3-4-5-6-7-8-9-10-11-12-13-14-16(19)21-17(20)15-18-2;;;/h18H,3-15H2,1-2H3;;;/q;+2;2*-1. The maximum absolute atomic E-state index is 11.3. The Morgan fingerprint density at radius 1 is 0.818 bits per heavy atom. The number of rotatable bonds is 14. The fourth-order valence-corrected chi connectivity index (χ4v) is 2.29. The van der Waals surface area contributed by atoms with Crippen molar-refractivity contribution in [2.45, 2.75) is 84.0 Å². The monoisotopic (exact) mass is 341 g/mol. The molecule has 0 unspecified atom stereocenters. The third kappa shape index (κ3) is 18.4. The van der Waals surface area contributed by atoms with E-state index in [0.29, 0.717) is 6.42 Å². The molecule has 0 spiro atoms. The van der Waals surface area contributed by atoms with E-state index < -0.39 is 11.9 Å². The van der Waals surface area contributed by atoms with Gasteiger partial charge in [-0.25, -0.2) is 0 Å². The molecule has 5 heteroatoms. The van der Waals surface area contributed by atoms with Crippen LogP contribution in [0.4, 0.5) is 0 Å². The summed E-state index contributed by atoms with van der Waals surface area (Å²) in [4.78, 5) is 22.4. The number of esters is 2. The molecule has 0 aliphatic carbocycles. The van der Waals surface area contributed by atoms with Crippen LogP contribution in [0.3, 0.4) is 0 Å². The van der Waals surface area contributed by atoms with E-state index in [1.807, 2.05) is 0 Å². The van der Waals surface area contributed by atoms with Crippen LogP contribution in [-0.2, 0) is 14.3 Å². The quantitative estimate of drug-likeness (QED) is 0.226. The van der Waals surface area contributed by atoms with E-state index in [1.54, 1.807) is 7.05 Å². The number of ether oxygens (including phenoxy) is 1. The molecule has 0 aliphatic heterocycles. The first-order valence-electron chi connectivity index (χ1n) is 8.58. The van der Waals surface area contributed by atoms with Crippen molar-refractivity contribution >= 4 is 49.7 Å². The number of likely N-dealkylation sites (N-methyl/N-ethyl adjacent to an activating group) is 1. The molecule has 0 atom stereocenters. The first kappa shape index (κ1) is 24.6. The second-order valence-electron chi connectivity index (χ2n) is 5.66. The summed E-state index contributed by atoms with van der Waals surface area (Å²) in [5.41, 5.74) is 0. The van der Waals surface area contributed by atoms with E-state index in [0.717, 1.165) is 12.8 Å². The Morgan fingerprint density at radius 3 is 1.73 bits per heavy atom. The van der Waals surface area contributed by atoms with Gasteiger partial charge in [0.25, 0.3) is 0 Å². The average molecular weight is 342 g/mol. The van der Waals surface area contributed by atoms with Crippen LogP contribution >= 0.6 is 0 Å². The maximum Gasteiger partial charge on any atom is 2.00 e. The number of unbranched alkanes of at least 4 members (excludes halogenated alkanes) is 10. The summed E-state index contributed by atoms with van der Waals surface area (Å²) >= 11 is 0. The van der Waals surface area contributed by atoms with Crippen molar-refractivity contribution in [1.82, 2.24) is 5.32 Å². The second-order valence-corrected chi connectivity index (χ2v) is 5.66. The van der Waals surface area contributed by atoms with Gasteiger partial charge in [-0.3, -0.25) is 9.59 Å². The van der Waals surface area contributed by atoms with E-state index in [2.05, 4.69) is 17.0 Å². The molecule has 1 N–H and O–H groups in total. The van der Waals surface area contributed by atoms with Gasteiger partial charge in [-0.05, 0) is 13.5 Å². The predicted molar refractivity (Wildman–Crippen MR) is 94.1 cm³/mol. The van der Waals surface area contributed by atoms with Crippen molar-refractivity contribution in [3.63, 3.8) is 0 Å². The molecule has 0 rings (SSSR count). The van der Waals surface area contributed by atoms with Gasteiger partial charge in [0.2, 0.25) is 0 Å². The molecule has 0 fully saturated rings. The SMILES string of the molecule is CCCCCCCCCCCCCC(=O)OC(=O)CNC.[Ca+2].[H-].[H-]. The summed E-state index contributed by atoms with van der Waals surface area (Å²) in [6.45, 7) is 2.33. The summed E-state index contributed by atoms with van der Waals surface area (Å²) in [6, 6.07) is 0. The molecule has 0 bridgehead atoms. The van der Waals surface area contributed by atoms with Crippen molar-refractivity contribution in [3.05, 3.63) is 0 Å². The van der Waals surface area contributed by atoms with Gasteiger partial charge in [0.1, 0.15) is 0 Å². The molecule has 0 aromatic carbocycles. The van der Waals surface area contributed by atoms with Crippen molar-refractivity contribution in [3.8, 4) is 0 Å². The van der Waals surface area contributed by atoms with Gasteiger partial charge in [-0.1, -0.05) is 71.1 Å². The number of hydrogen-bond acceptors (Lipinski definition) is 4. The van der Waals surface area contributed by atoms with E-state index in [4.69, 9.17) is 0 Å². The minimum atomic E-state index is -0.495. The van der Waals surface area contributed by atoms with Gasteiger partial charge in [-0.15, -0.1) is 0 Å². The smallest absolute Gasteiger partial charge is 1.00 e. The third-order valence-corrected chi connectivity index (χ3v) is 3.53. The molecule has 0 aromatic heterocycles. The minimum absolute atomic E-state index is 0. The summed E-state index contributed by atoms with van der Waals surface area (Å²) in [6.07, 6.45) is 14.1. The largest absolute Gasteiger partial charge is 2.00 e. The van der Waals surface area contributed by atoms with Crippen molar-refractivity contribution in [2.24, 2.45) is 0 Å².